The normalized spacial score (nSPS) is 21.6. The molecule has 2 aliphatic heterocycles. The second-order valence-electron chi connectivity index (χ2n) is 7.01. The van der Waals surface area contributed by atoms with Crippen molar-refractivity contribution < 1.29 is 19.1 Å². The van der Waals surface area contributed by atoms with Crippen LogP contribution in [0, 0.1) is 5.92 Å². The summed E-state index contributed by atoms with van der Waals surface area (Å²) in [5.41, 5.74) is 5.32. The van der Waals surface area contributed by atoms with E-state index >= 15 is 0 Å². The first-order chi connectivity index (χ1) is 11.2. The Hall–Kier alpha value is -1.38. The zero-order chi connectivity index (χ0) is 18.2. The van der Waals surface area contributed by atoms with Crippen LogP contribution in [0.25, 0.3) is 0 Å². The van der Waals surface area contributed by atoms with E-state index in [1.165, 1.54) is 0 Å². The maximum Gasteiger partial charge on any atom is 0.410 e. The van der Waals surface area contributed by atoms with Gasteiger partial charge in [-0.25, -0.2) is 4.79 Å². The molecule has 9 heteroatoms. The molecule has 2 amide bonds. The molecule has 3 N–H and O–H groups in total. The molecule has 0 spiro atoms. The fourth-order valence-corrected chi connectivity index (χ4v) is 2.19. The van der Waals surface area contributed by atoms with Crippen molar-refractivity contribution in [2.45, 2.75) is 46.1 Å². The van der Waals surface area contributed by atoms with Crippen molar-refractivity contribution in [1.29, 1.82) is 0 Å². The molecule has 2 aliphatic rings. The molecule has 1 atom stereocenters. The first-order valence-electron chi connectivity index (χ1n) is 8.42. The van der Waals surface area contributed by atoms with Crippen LogP contribution in [0.4, 0.5) is 4.79 Å². The Kier molecular flexibility index (Phi) is 10.7. The van der Waals surface area contributed by atoms with Crippen molar-refractivity contribution in [3.8, 4) is 0 Å². The molecule has 0 radical (unpaired) electrons. The highest BCUT2D eigenvalue weighted by atomic mass is 35.5. The molecule has 0 aliphatic carbocycles. The van der Waals surface area contributed by atoms with E-state index in [0.29, 0.717) is 38.3 Å². The van der Waals surface area contributed by atoms with E-state index < -0.39 is 5.60 Å². The monoisotopic (exact) mass is 378 g/mol. The average molecular weight is 379 g/mol. The molecule has 25 heavy (non-hydrogen) atoms. The molecule has 2 saturated heterocycles. The molecular weight excluding hydrogens is 348 g/mol. The third-order valence-electron chi connectivity index (χ3n) is 3.46. The van der Waals surface area contributed by atoms with Crippen LogP contribution in [0.2, 0.25) is 0 Å². The van der Waals surface area contributed by atoms with Gasteiger partial charge in [0, 0.05) is 45.6 Å². The van der Waals surface area contributed by atoms with Crippen molar-refractivity contribution in [1.82, 2.24) is 21.1 Å². The van der Waals surface area contributed by atoms with Crippen LogP contribution >= 0.6 is 12.4 Å². The maximum absolute atomic E-state index is 11.8. The number of carbonyl (C=O) groups is 3. The predicted octanol–water partition coefficient (Wildman–Crippen LogP) is 0.855. The molecular formula is C16H31ClN4O4. The Bertz CT molecular complexity index is 444. The number of ether oxygens (including phenoxy) is 1. The van der Waals surface area contributed by atoms with E-state index in [0.717, 1.165) is 13.1 Å². The van der Waals surface area contributed by atoms with Crippen LogP contribution in [0.5, 0.6) is 0 Å². The van der Waals surface area contributed by atoms with Gasteiger partial charge in [-0.15, -0.1) is 12.4 Å². The Labute approximate surface area is 155 Å². The summed E-state index contributed by atoms with van der Waals surface area (Å²) in [7, 11) is 0. The summed E-state index contributed by atoms with van der Waals surface area (Å²) >= 11 is 0. The lowest BCUT2D eigenvalue weighted by molar-refractivity contribution is -0.124. The van der Waals surface area contributed by atoms with Gasteiger partial charge in [0.2, 0.25) is 5.91 Å². The van der Waals surface area contributed by atoms with Crippen molar-refractivity contribution in [3.63, 3.8) is 0 Å². The first-order valence-corrected chi connectivity index (χ1v) is 8.42. The fourth-order valence-electron chi connectivity index (χ4n) is 2.19. The van der Waals surface area contributed by atoms with E-state index in [-0.39, 0.29) is 30.3 Å². The van der Waals surface area contributed by atoms with Crippen LogP contribution < -0.4 is 16.2 Å². The Morgan fingerprint density at radius 3 is 2.20 bits per heavy atom. The summed E-state index contributed by atoms with van der Waals surface area (Å²) in [6, 6.07) is 0. The Morgan fingerprint density at radius 1 is 1.12 bits per heavy atom. The number of ketones is 1. The highest BCUT2D eigenvalue weighted by molar-refractivity contribution is 5.85. The highest BCUT2D eigenvalue weighted by Crippen LogP contribution is 2.12. The number of hydrazine groups is 1. The average Bonchev–Trinajstić information content (AvgIpc) is 2.80. The SMILES string of the molecule is CC1CN(C(=O)OC(C)(C)C)CCNC1=O.Cl.O=C1CCNNCC1. The molecule has 2 fully saturated rings. The summed E-state index contributed by atoms with van der Waals surface area (Å²) in [6.45, 7) is 10.3. The molecule has 1 unspecified atom stereocenters. The number of hydrogen-bond donors (Lipinski definition) is 3. The van der Waals surface area contributed by atoms with Gasteiger partial charge >= 0.3 is 6.09 Å². The van der Waals surface area contributed by atoms with Gasteiger partial charge in [0.05, 0.1) is 5.92 Å². The molecule has 146 valence electrons. The summed E-state index contributed by atoms with van der Waals surface area (Å²) in [5.74, 6) is 0.156. The van der Waals surface area contributed by atoms with Crippen molar-refractivity contribution in [2.24, 2.45) is 5.92 Å². The van der Waals surface area contributed by atoms with Crippen LogP contribution in [0.15, 0.2) is 0 Å². The highest BCUT2D eigenvalue weighted by Gasteiger charge is 2.27. The number of amides is 2. The third-order valence-corrected chi connectivity index (χ3v) is 3.46. The molecule has 0 aromatic heterocycles. The van der Waals surface area contributed by atoms with E-state index in [1.54, 1.807) is 11.8 Å². The molecule has 2 heterocycles. The standard InChI is InChI=1S/C11H20N2O3.C5H10N2O.ClH/c1-8-7-13(6-5-12-9(8)14)10(15)16-11(2,3)4;8-5-1-3-6-7-4-2-5;/h8H,5-7H2,1-4H3,(H,12,14);6-7H,1-4H2;1H. The lowest BCUT2D eigenvalue weighted by Crippen LogP contribution is -2.39. The van der Waals surface area contributed by atoms with Crippen LogP contribution in [0.3, 0.4) is 0 Å². The number of hydrogen-bond acceptors (Lipinski definition) is 6. The molecule has 0 bridgehead atoms. The van der Waals surface area contributed by atoms with Gasteiger partial charge in [0.1, 0.15) is 11.4 Å². The topological polar surface area (TPSA) is 99.8 Å². The summed E-state index contributed by atoms with van der Waals surface area (Å²) < 4.78 is 5.26. The largest absolute Gasteiger partial charge is 0.444 e. The third kappa shape index (κ3) is 10.3. The summed E-state index contributed by atoms with van der Waals surface area (Å²) in [5, 5.41) is 2.75. The quantitative estimate of drug-likeness (QED) is 0.578. The van der Waals surface area contributed by atoms with Gasteiger partial charge < -0.3 is 15.0 Å². The molecule has 2 rings (SSSR count). The molecule has 0 aromatic carbocycles. The van der Waals surface area contributed by atoms with Crippen LogP contribution in [-0.2, 0) is 14.3 Å². The zero-order valence-corrected chi connectivity index (χ0v) is 16.3. The second kappa shape index (κ2) is 11.3. The van der Waals surface area contributed by atoms with Gasteiger partial charge in [0.15, 0.2) is 0 Å². The lowest BCUT2D eigenvalue weighted by atomic mass is 10.1. The van der Waals surface area contributed by atoms with E-state index in [1.807, 2.05) is 20.8 Å². The minimum absolute atomic E-state index is 0. The number of halogens is 1. The fraction of sp³-hybridized carbons (Fsp3) is 0.812. The van der Waals surface area contributed by atoms with Crippen molar-refractivity contribution >= 4 is 30.2 Å². The maximum atomic E-state index is 11.8. The van der Waals surface area contributed by atoms with Crippen molar-refractivity contribution in [3.05, 3.63) is 0 Å². The number of Topliss-reactive ketones (excluding diaryl/α,β-unsaturated/α-hetero) is 1. The van der Waals surface area contributed by atoms with Gasteiger partial charge in [0.25, 0.3) is 0 Å². The summed E-state index contributed by atoms with van der Waals surface area (Å²) in [4.78, 5) is 35.3. The number of nitrogens with zero attached hydrogens (tertiary/aromatic N) is 1. The molecule has 0 saturated carbocycles. The predicted molar refractivity (Wildman–Crippen MR) is 97.5 cm³/mol. The Morgan fingerprint density at radius 2 is 1.68 bits per heavy atom. The van der Waals surface area contributed by atoms with E-state index in [2.05, 4.69) is 16.2 Å². The lowest BCUT2D eigenvalue weighted by Gasteiger charge is -2.26. The zero-order valence-electron chi connectivity index (χ0n) is 15.5. The van der Waals surface area contributed by atoms with E-state index in [9.17, 15) is 14.4 Å². The minimum atomic E-state index is -0.496. The number of nitrogens with one attached hydrogen (secondary N) is 3. The molecule has 8 nitrogen and oxygen atoms in total. The van der Waals surface area contributed by atoms with Gasteiger partial charge in [-0.2, -0.15) is 0 Å². The molecule has 0 aromatic rings. The second-order valence-corrected chi connectivity index (χ2v) is 7.01. The van der Waals surface area contributed by atoms with Gasteiger partial charge in [-0.05, 0) is 20.8 Å². The van der Waals surface area contributed by atoms with Crippen LogP contribution in [0.1, 0.15) is 40.5 Å². The van der Waals surface area contributed by atoms with Crippen LogP contribution in [-0.4, -0.2) is 61.0 Å². The summed E-state index contributed by atoms with van der Waals surface area (Å²) in [6.07, 6.45) is 0.996. The Balaban J connectivity index is 0.000000540. The van der Waals surface area contributed by atoms with E-state index in [4.69, 9.17) is 4.74 Å². The van der Waals surface area contributed by atoms with Crippen molar-refractivity contribution in [2.75, 3.05) is 32.7 Å². The number of carbonyl (C=O) groups excluding carboxylic acids is 3. The minimum Gasteiger partial charge on any atom is -0.444 e. The van der Waals surface area contributed by atoms with Gasteiger partial charge in [-0.3, -0.25) is 20.4 Å². The smallest absolute Gasteiger partial charge is 0.410 e. The first kappa shape index (κ1) is 23.6. The van der Waals surface area contributed by atoms with Gasteiger partial charge in [-0.1, -0.05) is 6.92 Å². The number of rotatable bonds is 0.